The molecule has 0 radical (unpaired) electrons. The molecule has 3 aliphatic carbocycles. The van der Waals surface area contributed by atoms with Crippen LogP contribution in [0.2, 0.25) is 0 Å². The van der Waals surface area contributed by atoms with Crippen molar-refractivity contribution in [2.75, 3.05) is 0 Å². The van der Waals surface area contributed by atoms with Crippen LogP contribution in [0.4, 0.5) is 5.69 Å². The van der Waals surface area contributed by atoms with E-state index in [0.29, 0.717) is 30.2 Å². The van der Waals surface area contributed by atoms with Gasteiger partial charge in [0.1, 0.15) is 0 Å². The molecule has 0 bridgehead atoms. The maximum absolute atomic E-state index is 7.94. The van der Waals surface area contributed by atoms with Crippen LogP contribution in [0, 0.1) is 18.4 Å². The third-order valence-electron chi connectivity index (χ3n) is 11.3. The second-order valence-electron chi connectivity index (χ2n) is 13.2. The van der Waals surface area contributed by atoms with E-state index >= 15 is 0 Å². The van der Waals surface area contributed by atoms with Crippen LogP contribution in [-0.2, 0) is 4.74 Å². The van der Waals surface area contributed by atoms with E-state index in [1.54, 1.807) is 0 Å². The molecule has 2 aliphatic heterocycles. The quantitative estimate of drug-likeness (QED) is 0.315. The van der Waals surface area contributed by atoms with Crippen molar-refractivity contribution in [1.29, 1.82) is 0 Å². The van der Waals surface area contributed by atoms with Crippen molar-refractivity contribution in [2.24, 2.45) is 11.8 Å². The van der Waals surface area contributed by atoms with Gasteiger partial charge in [-0.2, -0.15) is 0 Å². The van der Waals surface area contributed by atoms with Gasteiger partial charge in [0.25, 0.3) is 0 Å². The molecule has 204 valence electrons. The number of benzene rings is 3. The molecule has 8 rings (SSSR count). The molecule has 8 atom stereocenters. The van der Waals surface area contributed by atoms with Crippen LogP contribution in [0.15, 0.2) is 72.8 Å². The Hall–Kier alpha value is -2.93. The van der Waals surface area contributed by atoms with Gasteiger partial charge in [-0.1, -0.05) is 86.0 Å². The molecule has 0 N–H and O–H groups in total. The van der Waals surface area contributed by atoms with Gasteiger partial charge in [0.15, 0.2) is 5.69 Å². The second kappa shape index (κ2) is 10.2. The van der Waals surface area contributed by atoms with Crippen LogP contribution < -0.4 is 0 Å². The van der Waals surface area contributed by atoms with Crippen LogP contribution in [0.3, 0.4) is 0 Å². The van der Waals surface area contributed by atoms with Crippen LogP contribution in [0.25, 0.3) is 27.1 Å². The van der Waals surface area contributed by atoms with E-state index in [9.17, 15) is 0 Å². The van der Waals surface area contributed by atoms with E-state index in [-0.39, 0.29) is 0 Å². The van der Waals surface area contributed by atoms with Crippen LogP contribution in [-0.4, -0.2) is 35.2 Å². The first-order valence-electron chi connectivity index (χ1n) is 15.9. The Balaban J connectivity index is 1.07. The Kier molecular flexibility index (Phi) is 6.31. The molecule has 2 heterocycles. The van der Waals surface area contributed by atoms with Crippen molar-refractivity contribution in [1.82, 2.24) is 4.90 Å². The molecule has 3 nitrogen and oxygen atoms in total. The van der Waals surface area contributed by atoms with Crippen molar-refractivity contribution in [3.05, 3.63) is 89.8 Å². The summed E-state index contributed by atoms with van der Waals surface area (Å²) in [6, 6.07) is 28.1. The summed E-state index contributed by atoms with van der Waals surface area (Å²) >= 11 is 0. The van der Waals surface area contributed by atoms with Crippen LogP contribution in [0.1, 0.15) is 75.7 Å². The Morgan fingerprint density at radius 2 is 1.52 bits per heavy atom. The molecule has 0 aromatic heterocycles. The molecule has 5 fully saturated rings. The van der Waals surface area contributed by atoms with E-state index in [1.165, 1.54) is 75.3 Å². The van der Waals surface area contributed by atoms with Crippen molar-refractivity contribution in [3.8, 4) is 22.3 Å². The van der Waals surface area contributed by atoms with E-state index in [0.717, 1.165) is 40.3 Å². The van der Waals surface area contributed by atoms with E-state index in [1.807, 2.05) is 6.07 Å². The van der Waals surface area contributed by atoms with Gasteiger partial charge in [0.05, 0.1) is 18.8 Å². The highest BCUT2D eigenvalue weighted by Crippen LogP contribution is 2.56. The lowest BCUT2D eigenvalue weighted by Gasteiger charge is -2.53. The molecular weight excluding hydrogens is 488 g/mol. The second-order valence-corrected chi connectivity index (χ2v) is 13.2. The summed E-state index contributed by atoms with van der Waals surface area (Å²) in [6.07, 6.45) is 14.3. The summed E-state index contributed by atoms with van der Waals surface area (Å²) in [4.78, 5) is 7.03. The highest BCUT2D eigenvalue weighted by Gasteiger charge is 2.59. The molecule has 3 aromatic rings. The monoisotopic (exact) mass is 528 g/mol. The van der Waals surface area contributed by atoms with Gasteiger partial charge in [-0.05, 0) is 96.6 Å². The highest BCUT2D eigenvalue weighted by atomic mass is 16.5. The van der Waals surface area contributed by atoms with Crippen molar-refractivity contribution >= 4 is 5.69 Å². The Morgan fingerprint density at radius 1 is 0.675 bits per heavy atom. The lowest BCUT2D eigenvalue weighted by Crippen LogP contribution is -2.63. The average molecular weight is 529 g/mol. The third kappa shape index (κ3) is 4.07. The minimum Gasteiger partial charge on any atom is -0.372 e. The van der Waals surface area contributed by atoms with Gasteiger partial charge >= 0.3 is 0 Å². The number of fused-ring (bicyclic) bond motifs is 5. The fourth-order valence-electron chi connectivity index (χ4n) is 9.65. The van der Waals surface area contributed by atoms with Gasteiger partial charge in [-0.25, -0.2) is 4.85 Å². The first-order chi connectivity index (χ1) is 19.8. The zero-order valence-corrected chi connectivity index (χ0v) is 23.4. The summed E-state index contributed by atoms with van der Waals surface area (Å²) in [5.74, 6) is 2.24. The molecular formula is C37H40N2O. The van der Waals surface area contributed by atoms with Gasteiger partial charge in [-0.3, -0.25) is 4.90 Å². The number of nitrogens with zero attached hydrogens (tertiary/aromatic N) is 2. The molecule has 5 aliphatic rings. The predicted octanol–water partition coefficient (Wildman–Crippen LogP) is 9.02. The largest absolute Gasteiger partial charge is 0.372 e. The summed E-state index contributed by atoms with van der Waals surface area (Å²) in [7, 11) is 0. The van der Waals surface area contributed by atoms with E-state index < -0.39 is 0 Å². The summed E-state index contributed by atoms with van der Waals surface area (Å²) in [6.45, 7) is 7.94. The van der Waals surface area contributed by atoms with E-state index in [2.05, 4.69) is 76.5 Å². The van der Waals surface area contributed by atoms with Crippen LogP contribution in [0.5, 0.6) is 0 Å². The van der Waals surface area contributed by atoms with Crippen molar-refractivity contribution < 1.29 is 4.74 Å². The fraction of sp³-hybridized carbons (Fsp3) is 0.486. The highest BCUT2D eigenvalue weighted by molar-refractivity contribution is 5.83. The lowest BCUT2D eigenvalue weighted by molar-refractivity contribution is -0.177. The van der Waals surface area contributed by atoms with Gasteiger partial charge in [-0.15, -0.1) is 0 Å². The standard InChI is InChI=1S/C37H40N2O/c1-38-32-23-27(24-9-3-2-4-10-24)17-19-29(32)28-12-7-11-25(21-28)26-18-20-33-31(22-26)30-13-8-16-36-37(30)39(33)34-14-5-6-15-35(34)40-36/h2-4,7,9-12,17,19,21,23,26,30-31,33-37H,5-6,8,13-16,18,20,22H2. The summed E-state index contributed by atoms with van der Waals surface area (Å²) < 4.78 is 6.85. The first-order valence-corrected chi connectivity index (χ1v) is 15.9. The number of morpholine rings is 1. The number of ether oxygens (including phenoxy) is 1. The number of rotatable bonds is 3. The smallest absolute Gasteiger partial charge is 0.195 e. The lowest BCUT2D eigenvalue weighted by atomic mass is 9.68. The zero-order valence-electron chi connectivity index (χ0n) is 23.4. The van der Waals surface area contributed by atoms with Gasteiger partial charge in [0.2, 0.25) is 0 Å². The van der Waals surface area contributed by atoms with Gasteiger partial charge in [0, 0.05) is 18.1 Å². The summed E-state index contributed by atoms with van der Waals surface area (Å²) in [5, 5.41) is 0. The minimum atomic E-state index is 0.483. The summed E-state index contributed by atoms with van der Waals surface area (Å²) in [5.41, 5.74) is 6.72. The molecule has 3 aromatic carbocycles. The predicted molar refractivity (Wildman–Crippen MR) is 161 cm³/mol. The molecule has 8 unspecified atom stereocenters. The average Bonchev–Trinajstić information content (AvgIpc) is 3.36. The molecule has 3 saturated carbocycles. The Bertz CT molecular complexity index is 1430. The Labute approximate surface area is 239 Å². The molecule has 2 saturated heterocycles. The number of hydrogen-bond acceptors (Lipinski definition) is 2. The maximum atomic E-state index is 7.94. The third-order valence-corrected chi connectivity index (χ3v) is 11.3. The van der Waals surface area contributed by atoms with Crippen molar-refractivity contribution in [3.63, 3.8) is 0 Å². The Morgan fingerprint density at radius 3 is 2.42 bits per heavy atom. The molecule has 0 spiro atoms. The fourth-order valence-corrected chi connectivity index (χ4v) is 9.65. The molecule has 40 heavy (non-hydrogen) atoms. The molecule has 3 heteroatoms. The SMILES string of the molecule is [C-]#[N+]c1cc(-c2ccccc2)ccc1-c1cccc(C2CCC3C(C2)C2CCCC4OC5CCCCC5N3C42)c1. The molecule has 0 amide bonds. The zero-order chi connectivity index (χ0) is 26.6. The van der Waals surface area contributed by atoms with Gasteiger partial charge < -0.3 is 4.74 Å². The maximum Gasteiger partial charge on any atom is 0.195 e. The minimum absolute atomic E-state index is 0.483. The first kappa shape index (κ1) is 24.8. The number of hydrogen-bond donors (Lipinski definition) is 0. The van der Waals surface area contributed by atoms with E-state index in [4.69, 9.17) is 11.3 Å². The normalized spacial score (nSPS) is 34.8. The van der Waals surface area contributed by atoms with Crippen molar-refractivity contribution in [2.45, 2.75) is 100 Å². The van der Waals surface area contributed by atoms with Crippen LogP contribution >= 0.6 is 0 Å². The topological polar surface area (TPSA) is 16.8 Å².